The summed E-state index contributed by atoms with van der Waals surface area (Å²) in [6.07, 6.45) is 4.61. The minimum atomic E-state index is -0.00185. The number of benzene rings is 1. The molecule has 1 aromatic heterocycles. The SMILES string of the molecule is COc1ccc(Cl)cc1CN(C)C(=O)CSc1nnnn1C1CCCC1. The second-order valence-electron chi connectivity index (χ2n) is 6.34. The molecule has 0 N–H and O–H groups in total. The van der Waals surface area contributed by atoms with Crippen LogP contribution in [0.4, 0.5) is 0 Å². The Bertz CT molecular complexity index is 763. The van der Waals surface area contributed by atoms with Gasteiger partial charge in [-0.15, -0.1) is 5.10 Å². The number of aromatic nitrogens is 4. The second kappa shape index (κ2) is 8.73. The fourth-order valence-electron chi connectivity index (χ4n) is 3.11. The quantitative estimate of drug-likeness (QED) is 0.670. The van der Waals surface area contributed by atoms with Crippen molar-refractivity contribution in [3.8, 4) is 5.75 Å². The van der Waals surface area contributed by atoms with E-state index in [0.717, 1.165) is 18.4 Å². The Morgan fingerprint density at radius 1 is 1.42 bits per heavy atom. The van der Waals surface area contributed by atoms with Crippen LogP contribution in [0.1, 0.15) is 37.3 Å². The maximum atomic E-state index is 12.5. The molecule has 0 unspecified atom stereocenters. The number of carbonyl (C=O) groups excluding carboxylic acids is 1. The predicted octanol–water partition coefficient (Wildman–Crippen LogP) is 3.20. The summed E-state index contributed by atoms with van der Waals surface area (Å²) in [6, 6.07) is 5.75. The Labute approximate surface area is 162 Å². The number of methoxy groups -OCH3 is 1. The first-order valence-electron chi connectivity index (χ1n) is 8.55. The molecule has 0 atom stereocenters. The van der Waals surface area contributed by atoms with Gasteiger partial charge >= 0.3 is 0 Å². The van der Waals surface area contributed by atoms with Crippen LogP contribution in [0.3, 0.4) is 0 Å². The minimum Gasteiger partial charge on any atom is -0.496 e. The summed E-state index contributed by atoms with van der Waals surface area (Å²) in [6.45, 7) is 0.427. The molecule has 1 aromatic carbocycles. The summed E-state index contributed by atoms with van der Waals surface area (Å²) in [5.74, 6) is 0.997. The molecular formula is C17H22ClN5O2S. The van der Waals surface area contributed by atoms with Crippen molar-refractivity contribution in [1.82, 2.24) is 25.1 Å². The third-order valence-electron chi connectivity index (χ3n) is 4.53. The van der Waals surface area contributed by atoms with Gasteiger partial charge in [-0.25, -0.2) is 4.68 Å². The number of rotatable bonds is 7. The average molecular weight is 396 g/mol. The van der Waals surface area contributed by atoms with Crippen molar-refractivity contribution in [2.45, 2.75) is 43.4 Å². The van der Waals surface area contributed by atoms with Gasteiger partial charge < -0.3 is 9.64 Å². The Morgan fingerprint density at radius 3 is 2.92 bits per heavy atom. The first-order valence-corrected chi connectivity index (χ1v) is 9.92. The number of ether oxygens (including phenoxy) is 1. The number of carbonyl (C=O) groups is 1. The molecule has 1 heterocycles. The van der Waals surface area contributed by atoms with Crippen molar-refractivity contribution >= 4 is 29.3 Å². The van der Waals surface area contributed by atoms with Gasteiger partial charge in [-0.05, 0) is 41.5 Å². The van der Waals surface area contributed by atoms with Gasteiger partial charge in [-0.2, -0.15) is 0 Å². The van der Waals surface area contributed by atoms with Crippen molar-refractivity contribution in [3.05, 3.63) is 28.8 Å². The van der Waals surface area contributed by atoms with Crippen LogP contribution in [0.15, 0.2) is 23.4 Å². The van der Waals surface area contributed by atoms with Crippen molar-refractivity contribution in [3.63, 3.8) is 0 Å². The molecule has 7 nitrogen and oxygen atoms in total. The molecule has 9 heteroatoms. The minimum absolute atomic E-state index is 0.00185. The molecule has 0 bridgehead atoms. The maximum Gasteiger partial charge on any atom is 0.233 e. The van der Waals surface area contributed by atoms with Crippen LogP contribution < -0.4 is 4.74 Å². The summed E-state index contributed by atoms with van der Waals surface area (Å²) in [5, 5.41) is 13.3. The molecular weight excluding hydrogens is 374 g/mol. The van der Waals surface area contributed by atoms with E-state index in [0.29, 0.717) is 28.5 Å². The van der Waals surface area contributed by atoms with Crippen molar-refractivity contribution in [2.75, 3.05) is 19.9 Å². The molecule has 140 valence electrons. The third kappa shape index (κ3) is 4.48. The number of tetrazole rings is 1. The lowest BCUT2D eigenvalue weighted by molar-refractivity contribution is -0.127. The van der Waals surface area contributed by atoms with Crippen molar-refractivity contribution in [1.29, 1.82) is 0 Å². The molecule has 0 radical (unpaired) electrons. The Kier molecular flexibility index (Phi) is 6.37. The zero-order valence-electron chi connectivity index (χ0n) is 14.9. The van der Waals surface area contributed by atoms with Crippen LogP contribution in [0.5, 0.6) is 5.75 Å². The van der Waals surface area contributed by atoms with Gasteiger partial charge in [0.15, 0.2) is 0 Å². The fraction of sp³-hybridized carbons (Fsp3) is 0.529. The smallest absolute Gasteiger partial charge is 0.233 e. The predicted molar refractivity (Wildman–Crippen MR) is 101 cm³/mol. The number of amides is 1. The topological polar surface area (TPSA) is 73.1 Å². The van der Waals surface area contributed by atoms with E-state index in [2.05, 4.69) is 15.5 Å². The van der Waals surface area contributed by atoms with Gasteiger partial charge in [-0.1, -0.05) is 36.2 Å². The molecule has 0 saturated heterocycles. The summed E-state index contributed by atoms with van der Waals surface area (Å²) < 4.78 is 7.21. The van der Waals surface area contributed by atoms with E-state index in [1.54, 1.807) is 31.2 Å². The van der Waals surface area contributed by atoms with E-state index >= 15 is 0 Å². The van der Waals surface area contributed by atoms with Crippen LogP contribution in [0.25, 0.3) is 0 Å². The van der Waals surface area contributed by atoms with Crippen LogP contribution in [0.2, 0.25) is 5.02 Å². The summed E-state index contributed by atoms with van der Waals surface area (Å²) in [7, 11) is 3.37. The van der Waals surface area contributed by atoms with Gasteiger partial charge in [0.05, 0.1) is 18.9 Å². The van der Waals surface area contributed by atoms with Crippen LogP contribution in [-0.2, 0) is 11.3 Å². The molecule has 2 aromatic rings. The number of hydrogen-bond acceptors (Lipinski definition) is 6. The number of thioether (sulfide) groups is 1. The lowest BCUT2D eigenvalue weighted by Gasteiger charge is -2.19. The molecule has 1 aliphatic carbocycles. The van der Waals surface area contributed by atoms with E-state index in [-0.39, 0.29) is 11.7 Å². The molecule has 26 heavy (non-hydrogen) atoms. The highest BCUT2D eigenvalue weighted by Gasteiger charge is 2.22. The lowest BCUT2D eigenvalue weighted by Crippen LogP contribution is -2.28. The van der Waals surface area contributed by atoms with Gasteiger partial charge in [-0.3, -0.25) is 4.79 Å². The van der Waals surface area contributed by atoms with Crippen LogP contribution >= 0.6 is 23.4 Å². The average Bonchev–Trinajstić information content (AvgIpc) is 3.30. The van der Waals surface area contributed by atoms with Gasteiger partial charge in [0.2, 0.25) is 11.1 Å². The standard InChI is InChI=1S/C17H22ClN5O2S/c1-22(10-12-9-13(18)7-8-15(12)25-2)16(24)11-26-17-19-20-21-23(17)14-5-3-4-6-14/h7-9,14H,3-6,10-11H2,1-2H3. The summed E-state index contributed by atoms with van der Waals surface area (Å²) in [5.41, 5.74) is 0.872. The first-order chi connectivity index (χ1) is 12.6. The van der Waals surface area contributed by atoms with E-state index in [9.17, 15) is 4.79 Å². The van der Waals surface area contributed by atoms with Gasteiger partial charge in [0, 0.05) is 24.2 Å². The van der Waals surface area contributed by atoms with Gasteiger partial charge in [0.1, 0.15) is 5.75 Å². The van der Waals surface area contributed by atoms with E-state index in [1.165, 1.54) is 24.6 Å². The highest BCUT2D eigenvalue weighted by molar-refractivity contribution is 7.99. The summed E-state index contributed by atoms with van der Waals surface area (Å²) in [4.78, 5) is 14.2. The Hall–Kier alpha value is -1.80. The lowest BCUT2D eigenvalue weighted by atomic mass is 10.2. The first kappa shape index (κ1) is 19.0. The van der Waals surface area contributed by atoms with E-state index < -0.39 is 0 Å². The second-order valence-corrected chi connectivity index (χ2v) is 7.72. The highest BCUT2D eigenvalue weighted by atomic mass is 35.5. The zero-order chi connectivity index (χ0) is 18.5. The number of nitrogens with zero attached hydrogens (tertiary/aromatic N) is 5. The van der Waals surface area contributed by atoms with E-state index in [1.807, 2.05) is 10.7 Å². The fourth-order valence-corrected chi connectivity index (χ4v) is 4.19. The Morgan fingerprint density at radius 2 is 2.19 bits per heavy atom. The zero-order valence-corrected chi connectivity index (χ0v) is 16.5. The normalized spacial score (nSPS) is 14.6. The largest absolute Gasteiger partial charge is 0.496 e. The number of halogens is 1. The van der Waals surface area contributed by atoms with Crippen LogP contribution in [-0.4, -0.2) is 50.9 Å². The molecule has 3 rings (SSSR count). The molecule has 1 aliphatic rings. The van der Waals surface area contributed by atoms with Crippen LogP contribution in [0, 0.1) is 0 Å². The van der Waals surface area contributed by atoms with Crippen molar-refractivity contribution in [2.24, 2.45) is 0 Å². The Balaban J connectivity index is 1.58. The molecule has 1 fully saturated rings. The van der Waals surface area contributed by atoms with Gasteiger partial charge in [0.25, 0.3) is 0 Å². The molecule has 1 amide bonds. The van der Waals surface area contributed by atoms with E-state index in [4.69, 9.17) is 16.3 Å². The highest BCUT2D eigenvalue weighted by Crippen LogP contribution is 2.31. The monoisotopic (exact) mass is 395 g/mol. The maximum absolute atomic E-state index is 12.5. The molecule has 0 aliphatic heterocycles. The number of hydrogen-bond donors (Lipinski definition) is 0. The third-order valence-corrected chi connectivity index (χ3v) is 5.69. The molecule has 0 spiro atoms. The molecule has 1 saturated carbocycles. The summed E-state index contributed by atoms with van der Waals surface area (Å²) >= 11 is 7.44. The van der Waals surface area contributed by atoms with Crippen molar-refractivity contribution < 1.29 is 9.53 Å².